The summed E-state index contributed by atoms with van der Waals surface area (Å²) in [5.41, 5.74) is 2.79. The molecule has 1 saturated heterocycles. The molecule has 1 amide bonds. The zero-order valence-electron chi connectivity index (χ0n) is 16.2. The van der Waals surface area contributed by atoms with E-state index in [1.165, 1.54) is 0 Å². The molecule has 0 saturated carbocycles. The minimum atomic E-state index is 0.0762. The lowest BCUT2D eigenvalue weighted by Crippen LogP contribution is -2.40. The molecule has 0 aromatic carbocycles. The minimum Gasteiger partial charge on any atom is -0.338 e. The molecule has 28 heavy (non-hydrogen) atoms. The van der Waals surface area contributed by atoms with Crippen molar-refractivity contribution in [1.29, 1.82) is 0 Å². The van der Waals surface area contributed by atoms with E-state index in [4.69, 9.17) is 0 Å². The van der Waals surface area contributed by atoms with E-state index < -0.39 is 0 Å². The molecule has 1 aliphatic heterocycles. The fourth-order valence-corrected chi connectivity index (χ4v) is 3.98. The Morgan fingerprint density at radius 1 is 1.32 bits per heavy atom. The number of nitrogens with one attached hydrogen (secondary N) is 1. The Kier molecular flexibility index (Phi) is 5.50. The van der Waals surface area contributed by atoms with Crippen LogP contribution < -0.4 is 0 Å². The number of aromatic amines is 1. The van der Waals surface area contributed by atoms with Crippen molar-refractivity contribution in [3.05, 3.63) is 65.8 Å². The Bertz CT molecular complexity index is 916. The van der Waals surface area contributed by atoms with E-state index >= 15 is 0 Å². The van der Waals surface area contributed by atoms with Gasteiger partial charge in [0.15, 0.2) is 0 Å². The minimum absolute atomic E-state index is 0.0762. The van der Waals surface area contributed by atoms with E-state index in [9.17, 15) is 4.79 Å². The number of aromatic nitrogens is 5. The summed E-state index contributed by atoms with van der Waals surface area (Å²) in [6.07, 6.45) is 13.0. The molecule has 1 atom stereocenters. The lowest BCUT2D eigenvalue weighted by molar-refractivity contribution is 0.0702. The first-order valence-electron chi connectivity index (χ1n) is 9.97. The van der Waals surface area contributed by atoms with Gasteiger partial charge in [-0.2, -0.15) is 5.10 Å². The number of hydrogen-bond acceptors (Lipinski definition) is 4. The van der Waals surface area contributed by atoms with Crippen LogP contribution in [-0.2, 0) is 13.0 Å². The first-order chi connectivity index (χ1) is 13.8. The van der Waals surface area contributed by atoms with Gasteiger partial charge in [-0.1, -0.05) is 19.4 Å². The summed E-state index contributed by atoms with van der Waals surface area (Å²) in [5.74, 6) is 1.36. The van der Waals surface area contributed by atoms with Crippen molar-refractivity contribution >= 4 is 5.91 Å². The number of hydrogen-bond donors (Lipinski definition) is 1. The summed E-state index contributed by atoms with van der Waals surface area (Å²) >= 11 is 0. The second kappa shape index (κ2) is 8.37. The maximum absolute atomic E-state index is 13.1. The van der Waals surface area contributed by atoms with E-state index in [2.05, 4.69) is 37.7 Å². The van der Waals surface area contributed by atoms with Crippen molar-refractivity contribution in [2.24, 2.45) is 0 Å². The van der Waals surface area contributed by atoms with Gasteiger partial charge in [-0.15, -0.1) is 0 Å². The van der Waals surface area contributed by atoms with Crippen LogP contribution in [0, 0.1) is 0 Å². The van der Waals surface area contributed by atoms with Crippen LogP contribution >= 0.6 is 0 Å². The number of imidazole rings is 1. The van der Waals surface area contributed by atoms with E-state index in [0.29, 0.717) is 12.1 Å². The second-order valence-electron chi connectivity index (χ2n) is 7.38. The van der Waals surface area contributed by atoms with Crippen molar-refractivity contribution in [1.82, 2.24) is 29.6 Å². The third-order valence-electron chi connectivity index (χ3n) is 5.35. The largest absolute Gasteiger partial charge is 0.338 e. The zero-order valence-corrected chi connectivity index (χ0v) is 16.2. The van der Waals surface area contributed by atoms with E-state index in [1.54, 1.807) is 12.4 Å². The molecule has 0 spiro atoms. The van der Waals surface area contributed by atoms with Gasteiger partial charge in [-0.3, -0.25) is 14.9 Å². The molecule has 4 rings (SSSR count). The van der Waals surface area contributed by atoms with Gasteiger partial charge in [-0.25, -0.2) is 4.98 Å². The first kappa shape index (κ1) is 18.4. The Balaban J connectivity index is 1.49. The predicted octanol–water partition coefficient (Wildman–Crippen LogP) is 3.02. The molecule has 146 valence electrons. The van der Waals surface area contributed by atoms with Gasteiger partial charge in [0.2, 0.25) is 0 Å². The molecule has 1 N–H and O–H groups in total. The van der Waals surface area contributed by atoms with Crippen molar-refractivity contribution in [3.63, 3.8) is 0 Å². The quantitative estimate of drug-likeness (QED) is 0.715. The van der Waals surface area contributed by atoms with Crippen LogP contribution in [0.3, 0.4) is 0 Å². The molecule has 3 aromatic heterocycles. The monoisotopic (exact) mass is 378 g/mol. The molecule has 3 aromatic rings. The molecular formula is C21H26N6O. The normalized spacial score (nSPS) is 17.0. The standard InChI is InChI=1S/C21H26N6O/c1-2-5-19-18(13-24-25-19)21(28)27-10-4-7-17(15-27)20-23-9-11-26(20)14-16-6-3-8-22-12-16/h3,6,8-9,11-13,17H,2,4-5,7,10,14-15H2,1H3,(H,24,25). The summed E-state index contributed by atoms with van der Waals surface area (Å²) in [7, 11) is 0. The number of carbonyl (C=O) groups is 1. The number of piperidine rings is 1. The molecule has 0 aliphatic carbocycles. The lowest BCUT2D eigenvalue weighted by Gasteiger charge is -2.32. The number of carbonyl (C=O) groups excluding carboxylic acids is 1. The highest BCUT2D eigenvalue weighted by atomic mass is 16.2. The van der Waals surface area contributed by atoms with Gasteiger partial charge in [0, 0.05) is 49.5 Å². The molecule has 4 heterocycles. The van der Waals surface area contributed by atoms with Gasteiger partial charge < -0.3 is 9.47 Å². The molecule has 7 heteroatoms. The van der Waals surface area contributed by atoms with Crippen LogP contribution in [0.25, 0.3) is 0 Å². The number of pyridine rings is 1. The fraction of sp³-hybridized carbons (Fsp3) is 0.429. The number of aryl methyl sites for hydroxylation is 1. The van der Waals surface area contributed by atoms with E-state index in [1.807, 2.05) is 29.6 Å². The summed E-state index contributed by atoms with van der Waals surface area (Å²) in [6.45, 7) is 4.33. The molecule has 0 radical (unpaired) electrons. The van der Waals surface area contributed by atoms with Crippen molar-refractivity contribution < 1.29 is 4.79 Å². The number of nitrogens with zero attached hydrogens (tertiary/aromatic N) is 5. The molecule has 1 fully saturated rings. The fourth-order valence-electron chi connectivity index (χ4n) is 3.98. The molecule has 1 aliphatic rings. The zero-order chi connectivity index (χ0) is 19.3. The topological polar surface area (TPSA) is 79.7 Å². The van der Waals surface area contributed by atoms with Crippen molar-refractivity contribution in [2.45, 2.75) is 45.1 Å². The Labute approximate surface area is 164 Å². The van der Waals surface area contributed by atoms with Gasteiger partial charge in [0.1, 0.15) is 5.82 Å². The average Bonchev–Trinajstić information content (AvgIpc) is 3.38. The summed E-state index contributed by atoms with van der Waals surface area (Å²) in [4.78, 5) is 23.9. The smallest absolute Gasteiger partial charge is 0.257 e. The summed E-state index contributed by atoms with van der Waals surface area (Å²) in [5, 5.41) is 7.07. The Morgan fingerprint density at radius 3 is 3.07 bits per heavy atom. The molecule has 7 nitrogen and oxygen atoms in total. The first-order valence-corrected chi connectivity index (χ1v) is 9.97. The average molecular weight is 378 g/mol. The van der Waals surface area contributed by atoms with Gasteiger partial charge >= 0.3 is 0 Å². The summed E-state index contributed by atoms with van der Waals surface area (Å²) in [6, 6.07) is 4.02. The molecule has 1 unspecified atom stereocenters. The van der Waals surface area contributed by atoms with Crippen LogP contribution in [0.4, 0.5) is 0 Å². The highest BCUT2D eigenvalue weighted by molar-refractivity contribution is 5.95. The van der Waals surface area contributed by atoms with Crippen LogP contribution in [0.1, 0.15) is 59.5 Å². The maximum atomic E-state index is 13.1. The van der Waals surface area contributed by atoms with Crippen molar-refractivity contribution in [2.75, 3.05) is 13.1 Å². The lowest BCUT2D eigenvalue weighted by atomic mass is 9.96. The predicted molar refractivity (Wildman–Crippen MR) is 106 cm³/mol. The van der Waals surface area contributed by atoms with Crippen molar-refractivity contribution in [3.8, 4) is 0 Å². The maximum Gasteiger partial charge on any atom is 0.257 e. The summed E-state index contributed by atoms with van der Waals surface area (Å²) < 4.78 is 2.18. The third kappa shape index (κ3) is 3.83. The molecule has 0 bridgehead atoms. The van der Waals surface area contributed by atoms with Crippen LogP contribution in [0.2, 0.25) is 0 Å². The van der Waals surface area contributed by atoms with Gasteiger partial charge in [0.25, 0.3) is 5.91 Å². The highest BCUT2D eigenvalue weighted by Crippen LogP contribution is 2.27. The number of likely N-dealkylation sites (tertiary alicyclic amines) is 1. The van der Waals surface area contributed by atoms with E-state index in [-0.39, 0.29) is 11.8 Å². The number of H-pyrrole nitrogens is 1. The number of rotatable bonds is 6. The second-order valence-corrected chi connectivity index (χ2v) is 7.38. The Morgan fingerprint density at radius 2 is 2.25 bits per heavy atom. The molecular weight excluding hydrogens is 352 g/mol. The SMILES string of the molecule is CCCc1[nH]ncc1C(=O)N1CCCC(c2nccn2Cc2cccnc2)C1. The van der Waals surface area contributed by atoms with Crippen LogP contribution in [0.15, 0.2) is 43.1 Å². The number of amides is 1. The van der Waals surface area contributed by atoms with Gasteiger partial charge in [-0.05, 0) is 30.9 Å². The van der Waals surface area contributed by atoms with Gasteiger partial charge in [0.05, 0.1) is 18.3 Å². The van der Waals surface area contributed by atoms with Crippen LogP contribution in [-0.4, -0.2) is 48.6 Å². The Hall–Kier alpha value is -2.96. The van der Waals surface area contributed by atoms with E-state index in [0.717, 1.165) is 55.9 Å². The highest BCUT2D eigenvalue weighted by Gasteiger charge is 2.29. The van der Waals surface area contributed by atoms with Crippen LogP contribution in [0.5, 0.6) is 0 Å². The third-order valence-corrected chi connectivity index (χ3v) is 5.35.